The Morgan fingerprint density at radius 2 is 2.15 bits per heavy atom. The predicted octanol–water partition coefficient (Wildman–Crippen LogP) is 0.0379. The van der Waals surface area contributed by atoms with E-state index in [-0.39, 0.29) is 0 Å². The van der Waals surface area contributed by atoms with Crippen molar-refractivity contribution in [1.82, 2.24) is 4.90 Å². The lowest BCUT2D eigenvalue weighted by Crippen LogP contribution is -2.30. The summed E-state index contributed by atoms with van der Waals surface area (Å²) in [4.78, 5) is 2.46. The van der Waals surface area contributed by atoms with E-state index in [1.807, 2.05) is 0 Å². The van der Waals surface area contributed by atoms with E-state index in [9.17, 15) is 0 Å². The van der Waals surface area contributed by atoms with Gasteiger partial charge < -0.3 is 15.7 Å². The topological polar surface area (TPSA) is 49.5 Å². The molecule has 2 fully saturated rings. The van der Waals surface area contributed by atoms with Crippen LogP contribution in [0.1, 0.15) is 19.3 Å². The van der Waals surface area contributed by atoms with Gasteiger partial charge in [0, 0.05) is 32.3 Å². The number of rotatable bonds is 3. The maximum Gasteiger partial charge on any atom is 0.0443 e. The zero-order valence-corrected chi connectivity index (χ0v) is 8.15. The summed E-state index contributed by atoms with van der Waals surface area (Å²) >= 11 is 0. The van der Waals surface area contributed by atoms with Crippen molar-refractivity contribution in [2.24, 2.45) is 17.6 Å². The molecule has 1 saturated carbocycles. The first-order valence-corrected chi connectivity index (χ1v) is 5.40. The van der Waals surface area contributed by atoms with E-state index in [1.165, 1.54) is 25.9 Å². The smallest absolute Gasteiger partial charge is 0.0443 e. The second-order valence-electron chi connectivity index (χ2n) is 4.50. The van der Waals surface area contributed by atoms with Crippen molar-refractivity contribution in [2.45, 2.75) is 25.3 Å². The van der Waals surface area contributed by atoms with Gasteiger partial charge in [-0.25, -0.2) is 0 Å². The molecule has 1 saturated heterocycles. The van der Waals surface area contributed by atoms with Gasteiger partial charge in [0.05, 0.1) is 0 Å². The summed E-state index contributed by atoms with van der Waals surface area (Å²) in [5.74, 6) is 1.60. The minimum atomic E-state index is 0.317. The van der Waals surface area contributed by atoms with E-state index in [2.05, 4.69) is 4.90 Å². The van der Waals surface area contributed by atoms with Gasteiger partial charge in [0.2, 0.25) is 0 Å². The summed E-state index contributed by atoms with van der Waals surface area (Å²) in [5.41, 5.74) is 6.03. The monoisotopic (exact) mass is 184 g/mol. The van der Waals surface area contributed by atoms with Crippen LogP contribution in [0.15, 0.2) is 0 Å². The Morgan fingerprint density at radius 3 is 2.85 bits per heavy atom. The van der Waals surface area contributed by atoms with E-state index in [4.69, 9.17) is 10.8 Å². The van der Waals surface area contributed by atoms with Crippen molar-refractivity contribution in [3.63, 3.8) is 0 Å². The van der Waals surface area contributed by atoms with Crippen LogP contribution < -0.4 is 5.73 Å². The van der Waals surface area contributed by atoms with Crippen LogP contribution in [0.4, 0.5) is 0 Å². The van der Waals surface area contributed by atoms with E-state index >= 15 is 0 Å². The van der Waals surface area contributed by atoms with Crippen LogP contribution in [-0.4, -0.2) is 42.3 Å². The summed E-state index contributed by atoms with van der Waals surface area (Å²) < 4.78 is 0. The minimum absolute atomic E-state index is 0.317. The van der Waals surface area contributed by atoms with Gasteiger partial charge in [-0.15, -0.1) is 0 Å². The largest absolute Gasteiger partial charge is 0.396 e. The Kier molecular flexibility index (Phi) is 2.86. The van der Waals surface area contributed by atoms with Crippen molar-refractivity contribution in [3.05, 3.63) is 0 Å². The second kappa shape index (κ2) is 3.95. The molecule has 3 nitrogen and oxygen atoms in total. The highest BCUT2D eigenvalue weighted by Crippen LogP contribution is 2.36. The molecule has 13 heavy (non-hydrogen) atoms. The molecule has 3 atom stereocenters. The Balaban J connectivity index is 1.81. The number of hydrogen-bond donors (Lipinski definition) is 2. The lowest BCUT2D eigenvalue weighted by molar-refractivity contribution is 0.238. The summed E-state index contributed by atoms with van der Waals surface area (Å²) in [6, 6.07) is 0.448. The molecule has 3 unspecified atom stereocenters. The molecule has 3 N–H and O–H groups in total. The Morgan fingerprint density at radius 1 is 1.31 bits per heavy atom. The summed E-state index contributed by atoms with van der Waals surface area (Å²) in [6.45, 7) is 3.76. The number of likely N-dealkylation sites (tertiary alicyclic amines) is 1. The lowest BCUT2D eigenvalue weighted by atomic mass is 9.98. The first-order valence-electron chi connectivity index (χ1n) is 5.40. The standard InChI is InChI=1S/C10H20N2O/c11-10-3-2-8-6-12(4-1-5-13)7-9(8)10/h8-10,13H,1-7,11H2. The summed E-state index contributed by atoms with van der Waals surface area (Å²) in [5, 5.41) is 8.73. The van der Waals surface area contributed by atoms with Gasteiger partial charge in [0.25, 0.3) is 0 Å². The number of nitrogens with zero attached hydrogens (tertiary/aromatic N) is 1. The van der Waals surface area contributed by atoms with Crippen LogP contribution in [-0.2, 0) is 0 Å². The van der Waals surface area contributed by atoms with Gasteiger partial charge in [-0.2, -0.15) is 0 Å². The van der Waals surface area contributed by atoms with Crippen molar-refractivity contribution in [1.29, 1.82) is 0 Å². The number of fused-ring (bicyclic) bond motifs is 1. The maximum absolute atomic E-state index is 8.73. The molecule has 0 spiro atoms. The van der Waals surface area contributed by atoms with Gasteiger partial charge in [0.15, 0.2) is 0 Å². The predicted molar refractivity (Wildman–Crippen MR) is 52.3 cm³/mol. The quantitative estimate of drug-likeness (QED) is 0.651. The van der Waals surface area contributed by atoms with Gasteiger partial charge in [0.1, 0.15) is 0 Å². The van der Waals surface area contributed by atoms with Crippen molar-refractivity contribution >= 4 is 0 Å². The first kappa shape index (κ1) is 9.44. The molecule has 1 aliphatic heterocycles. The van der Waals surface area contributed by atoms with E-state index in [0.717, 1.165) is 24.8 Å². The average Bonchev–Trinajstić information content (AvgIpc) is 2.65. The molecule has 3 heteroatoms. The summed E-state index contributed by atoms with van der Waals surface area (Å²) in [7, 11) is 0. The van der Waals surface area contributed by atoms with Crippen LogP contribution in [0.5, 0.6) is 0 Å². The maximum atomic E-state index is 8.73. The van der Waals surface area contributed by atoms with Gasteiger partial charge >= 0.3 is 0 Å². The normalized spacial score (nSPS) is 39.7. The average molecular weight is 184 g/mol. The van der Waals surface area contributed by atoms with E-state index in [0.29, 0.717) is 12.6 Å². The molecule has 0 bridgehead atoms. The van der Waals surface area contributed by atoms with Gasteiger partial charge in [-0.1, -0.05) is 0 Å². The van der Waals surface area contributed by atoms with Crippen LogP contribution >= 0.6 is 0 Å². The van der Waals surface area contributed by atoms with Crippen LogP contribution in [0, 0.1) is 11.8 Å². The fourth-order valence-corrected chi connectivity index (χ4v) is 2.88. The third kappa shape index (κ3) is 1.87. The van der Waals surface area contributed by atoms with E-state index in [1.54, 1.807) is 0 Å². The van der Waals surface area contributed by atoms with Crippen LogP contribution in [0.25, 0.3) is 0 Å². The molecule has 0 amide bonds. The molecule has 0 aromatic rings. The fourth-order valence-electron chi connectivity index (χ4n) is 2.88. The summed E-state index contributed by atoms with van der Waals surface area (Å²) in [6.07, 6.45) is 3.46. The molecule has 1 aliphatic carbocycles. The van der Waals surface area contributed by atoms with Crippen LogP contribution in [0.3, 0.4) is 0 Å². The molecule has 2 rings (SSSR count). The third-order valence-electron chi connectivity index (χ3n) is 3.62. The van der Waals surface area contributed by atoms with Crippen molar-refractivity contribution in [3.8, 4) is 0 Å². The van der Waals surface area contributed by atoms with Crippen molar-refractivity contribution < 1.29 is 5.11 Å². The highest BCUT2D eigenvalue weighted by Gasteiger charge is 2.40. The number of nitrogens with two attached hydrogens (primary N) is 1. The zero-order valence-electron chi connectivity index (χ0n) is 8.15. The number of hydrogen-bond acceptors (Lipinski definition) is 3. The zero-order chi connectivity index (χ0) is 9.26. The molecule has 0 aromatic carbocycles. The Labute approximate surface area is 79.9 Å². The van der Waals surface area contributed by atoms with Gasteiger partial charge in [-0.05, 0) is 31.1 Å². The number of aliphatic hydroxyl groups is 1. The highest BCUT2D eigenvalue weighted by atomic mass is 16.3. The second-order valence-corrected chi connectivity index (χ2v) is 4.50. The third-order valence-corrected chi connectivity index (χ3v) is 3.62. The molecular formula is C10H20N2O. The highest BCUT2D eigenvalue weighted by molar-refractivity contribution is 4.95. The molecule has 0 aromatic heterocycles. The first-order chi connectivity index (χ1) is 6.31. The Bertz CT molecular complexity index is 174. The van der Waals surface area contributed by atoms with Crippen molar-refractivity contribution in [2.75, 3.05) is 26.2 Å². The fraction of sp³-hybridized carbons (Fsp3) is 1.00. The molecule has 0 radical (unpaired) electrons. The van der Waals surface area contributed by atoms with Crippen LogP contribution in [0.2, 0.25) is 0 Å². The molecule has 2 aliphatic rings. The number of aliphatic hydroxyl groups excluding tert-OH is 1. The molecular weight excluding hydrogens is 164 g/mol. The molecule has 1 heterocycles. The lowest BCUT2D eigenvalue weighted by Gasteiger charge is -2.17. The van der Waals surface area contributed by atoms with E-state index < -0.39 is 0 Å². The Hall–Kier alpha value is -0.120. The molecule has 76 valence electrons. The SMILES string of the molecule is NC1CCC2CN(CCCO)CC12. The minimum Gasteiger partial charge on any atom is -0.396 e. The van der Waals surface area contributed by atoms with Gasteiger partial charge in [-0.3, -0.25) is 0 Å².